The van der Waals surface area contributed by atoms with Crippen molar-refractivity contribution >= 4 is 25.7 Å². The number of carboxylic acids is 1. The van der Waals surface area contributed by atoms with Crippen LogP contribution in [0.5, 0.6) is 0 Å². The standard InChI is InChI=1S/C45H88NO10P/c1-3-5-7-9-11-13-15-17-19-20-21-23-25-27-29-31-33-35-37-44(48)56-41(39-54-57(51,52)55-40-42(46)45(49)50)38-53-43(47)36-34-32-30-28-26-24-22-18-16-14-12-10-8-6-4-2/h41-42H,3-40,46H2,1-2H3,(H,49,50)(H,51,52)/t41-,42+/m1/s1. The van der Waals surface area contributed by atoms with Crippen LogP contribution < -0.4 is 5.73 Å². The molecule has 0 fully saturated rings. The van der Waals surface area contributed by atoms with Gasteiger partial charge in [-0.1, -0.05) is 213 Å². The van der Waals surface area contributed by atoms with E-state index in [9.17, 15) is 23.8 Å². The van der Waals surface area contributed by atoms with E-state index >= 15 is 0 Å². The molecule has 0 bridgehead atoms. The number of ether oxygens (including phenoxy) is 2. The highest BCUT2D eigenvalue weighted by Crippen LogP contribution is 2.43. The van der Waals surface area contributed by atoms with Gasteiger partial charge in [0.25, 0.3) is 0 Å². The number of hydrogen-bond donors (Lipinski definition) is 3. The molecule has 0 spiro atoms. The molecule has 12 heteroatoms. The van der Waals surface area contributed by atoms with Crippen LogP contribution >= 0.6 is 7.82 Å². The Balaban J connectivity index is 4.26. The van der Waals surface area contributed by atoms with Gasteiger partial charge in [-0.2, -0.15) is 0 Å². The predicted molar refractivity (Wildman–Crippen MR) is 231 cm³/mol. The van der Waals surface area contributed by atoms with Crippen LogP contribution in [0, 0.1) is 0 Å². The summed E-state index contributed by atoms with van der Waals surface area (Å²) in [5, 5.41) is 8.90. The molecule has 0 aliphatic rings. The van der Waals surface area contributed by atoms with E-state index in [-0.39, 0.29) is 19.4 Å². The van der Waals surface area contributed by atoms with Gasteiger partial charge >= 0.3 is 25.7 Å². The number of carbonyl (C=O) groups is 3. The quantitative estimate of drug-likeness (QED) is 0.0303. The lowest BCUT2D eigenvalue weighted by atomic mass is 10.0. The second kappa shape index (κ2) is 41.2. The first-order valence-electron chi connectivity index (χ1n) is 23.6. The number of aliphatic carboxylic acids is 1. The molecule has 0 aromatic carbocycles. The number of phosphoric acid groups is 1. The van der Waals surface area contributed by atoms with E-state index in [4.69, 9.17) is 24.8 Å². The zero-order chi connectivity index (χ0) is 42.1. The van der Waals surface area contributed by atoms with Crippen LogP contribution in [-0.2, 0) is 37.5 Å². The van der Waals surface area contributed by atoms with Crippen molar-refractivity contribution in [3.8, 4) is 0 Å². The van der Waals surface area contributed by atoms with Gasteiger partial charge in [-0.25, -0.2) is 4.57 Å². The van der Waals surface area contributed by atoms with E-state index in [1.165, 1.54) is 161 Å². The Bertz CT molecular complexity index is 984. The minimum atomic E-state index is -4.71. The summed E-state index contributed by atoms with van der Waals surface area (Å²) >= 11 is 0. The van der Waals surface area contributed by atoms with Crippen molar-refractivity contribution in [3.63, 3.8) is 0 Å². The monoisotopic (exact) mass is 834 g/mol. The molecule has 57 heavy (non-hydrogen) atoms. The highest BCUT2D eigenvalue weighted by atomic mass is 31.2. The number of phosphoric ester groups is 1. The Morgan fingerprint density at radius 3 is 1.11 bits per heavy atom. The second-order valence-electron chi connectivity index (χ2n) is 16.3. The van der Waals surface area contributed by atoms with Gasteiger partial charge in [-0.05, 0) is 12.8 Å². The largest absolute Gasteiger partial charge is 0.480 e. The molecule has 338 valence electrons. The number of nitrogens with two attached hydrogens (primary N) is 1. The minimum absolute atomic E-state index is 0.170. The fraction of sp³-hybridized carbons (Fsp3) is 0.933. The Morgan fingerprint density at radius 2 is 0.772 bits per heavy atom. The molecule has 1 unspecified atom stereocenters. The number of carboxylic acid groups (broad SMARTS) is 1. The number of rotatable bonds is 45. The van der Waals surface area contributed by atoms with Crippen molar-refractivity contribution in [2.24, 2.45) is 5.73 Å². The van der Waals surface area contributed by atoms with E-state index in [1.807, 2.05) is 0 Å². The van der Waals surface area contributed by atoms with E-state index in [0.717, 1.165) is 38.5 Å². The lowest BCUT2D eigenvalue weighted by Gasteiger charge is -2.20. The van der Waals surface area contributed by atoms with Gasteiger partial charge in [-0.3, -0.25) is 23.4 Å². The molecule has 0 saturated carbocycles. The third kappa shape index (κ3) is 41.0. The van der Waals surface area contributed by atoms with Crippen LogP contribution in [0.4, 0.5) is 0 Å². The van der Waals surface area contributed by atoms with Crippen LogP contribution in [0.25, 0.3) is 0 Å². The van der Waals surface area contributed by atoms with Crippen molar-refractivity contribution in [2.75, 3.05) is 19.8 Å². The molecule has 3 atom stereocenters. The summed E-state index contributed by atoms with van der Waals surface area (Å²) in [7, 11) is -4.71. The van der Waals surface area contributed by atoms with Gasteiger partial charge in [0.2, 0.25) is 0 Å². The fourth-order valence-electron chi connectivity index (χ4n) is 6.89. The molecular formula is C45H88NO10P. The Morgan fingerprint density at radius 1 is 0.474 bits per heavy atom. The van der Waals surface area contributed by atoms with E-state index in [2.05, 4.69) is 18.4 Å². The molecular weight excluding hydrogens is 745 g/mol. The van der Waals surface area contributed by atoms with E-state index < -0.39 is 51.1 Å². The van der Waals surface area contributed by atoms with Crippen molar-refractivity contribution in [3.05, 3.63) is 0 Å². The number of esters is 2. The molecule has 0 aliphatic heterocycles. The van der Waals surface area contributed by atoms with Crippen LogP contribution in [0.15, 0.2) is 0 Å². The smallest absolute Gasteiger partial charge is 0.472 e. The average molecular weight is 834 g/mol. The van der Waals surface area contributed by atoms with Gasteiger partial charge in [0.1, 0.15) is 12.6 Å². The Kier molecular flexibility index (Phi) is 40.1. The van der Waals surface area contributed by atoms with Crippen molar-refractivity contribution in [1.29, 1.82) is 0 Å². The number of hydrogen-bond acceptors (Lipinski definition) is 9. The second-order valence-corrected chi connectivity index (χ2v) is 17.7. The molecule has 0 heterocycles. The average Bonchev–Trinajstić information content (AvgIpc) is 3.19. The zero-order valence-corrected chi connectivity index (χ0v) is 37.6. The first-order chi connectivity index (χ1) is 27.6. The van der Waals surface area contributed by atoms with Crippen molar-refractivity contribution in [2.45, 2.75) is 251 Å². The van der Waals surface area contributed by atoms with Gasteiger partial charge in [-0.15, -0.1) is 0 Å². The summed E-state index contributed by atoms with van der Waals surface area (Å²) in [6.07, 6.45) is 40.2. The van der Waals surface area contributed by atoms with Gasteiger partial charge in [0.15, 0.2) is 6.10 Å². The van der Waals surface area contributed by atoms with E-state index in [0.29, 0.717) is 12.8 Å². The normalized spacial score (nSPS) is 13.6. The summed E-state index contributed by atoms with van der Waals surface area (Å²) in [6.45, 7) is 2.85. The lowest BCUT2D eigenvalue weighted by Crippen LogP contribution is -2.34. The summed E-state index contributed by atoms with van der Waals surface area (Å²) < 4.78 is 32.8. The minimum Gasteiger partial charge on any atom is -0.480 e. The van der Waals surface area contributed by atoms with Gasteiger partial charge in [0, 0.05) is 12.8 Å². The Hall–Kier alpha value is -1.52. The predicted octanol–water partition coefficient (Wildman–Crippen LogP) is 12.7. The maximum Gasteiger partial charge on any atom is 0.472 e. The molecule has 0 saturated heterocycles. The number of carbonyl (C=O) groups excluding carboxylic acids is 2. The first kappa shape index (κ1) is 55.5. The van der Waals surface area contributed by atoms with Gasteiger partial charge < -0.3 is 25.2 Å². The van der Waals surface area contributed by atoms with Crippen LogP contribution in [0.1, 0.15) is 239 Å². The highest BCUT2D eigenvalue weighted by molar-refractivity contribution is 7.47. The molecule has 4 N–H and O–H groups in total. The Labute approximate surface area is 348 Å². The summed E-state index contributed by atoms with van der Waals surface area (Å²) in [5.74, 6) is -2.35. The maximum absolute atomic E-state index is 12.7. The molecule has 0 radical (unpaired) electrons. The summed E-state index contributed by atoms with van der Waals surface area (Å²) in [6, 6.07) is -1.52. The fourth-order valence-corrected chi connectivity index (χ4v) is 7.67. The lowest BCUT2D eigenvalue weighted by molar-refractivity contribution is -0.161. The van der Waals surface area contributed by atoms with Crippen molar-refractivity contribution < 1.29 is 47.5 Å². The van der Waals surface area contributed by atoms with E-state index in [1.54, 1.807) is 0 Å². The molecule has 11 nitrogen and oxygen atoms in total. The summed E-state index contributed by atoms with van der Waals surface area (Å²) in [5.41, 5.74) is 5.34. The SMILES string of the molecule is CCCCCCCCCCCCCCCCCCCCC(=O)O[C@H](COC(=O)CCCCCCCCCCCCCCCCC)COP(=O)(O)OC[C@H](N)C(=O)O. The topological polar surface area (TPSA) is 172 Å². The molecule has 0 amide bonds. The first-order valence-corrected chi connectivity index (χ1v) is 25.1. The van der Waals surface area contributed by atoms with Crippen LogP contribution in [-0.4, -0.2) is 59.9 Å². The van der Waals surface area contributed by atoms with Crippen LogP contribution in [0.2, 0.25) is 0 Å². The highest BCUT2D eigenvalue weighted by Gasteiger charge is 2.28. The number of unbranched alkanes of at least 4 members (excludes halogenated alkanes) is 31. The maximum atomic E-state index is 12.7. The molecule has 0 aromatic heterocycles. The molecule has 0 aromatic rings. The third-order valence-electron chi connectivity index (χ3n) is 10.6. The third-order valence-corrected chi connectivity index (χ3v) is 11.6. The summed E-state index contributed by atoms with van der Waals surface area (Å²) in [4.78, 5) is 46.0. The van der Waals surface area contributed by atoms with Gasteiger partial charge in [0.05, 0.1) is 13.2 Å². The zero-order valence-electron chi connectivity index (χ0n) is 36.7. The molecule has 0 aliphatic carbocycles. The molecule has 0 rings (SSSR count). The van der Waals surface area contributed by atoms with Crippen molar-refractivity contribution in [1.82, 2.24) is 0 Å². The van der Waals surface area contributed by atoms with Crippen LogP contribution in [0.3, 0.4) is 0 Å².